The van der Waals surface area contributed by atoms with Crippen molar-refractivity contribution in [3.8, 4) is 0 Å². The van der Waals surface area contributed by atoms with Crippen LogP contribution in [0.2, 0.25) is 0 Å². The Bertz CT molecular complexity index is 826. The number of aromatic nitrogens is 2. The molecule has 6 nitrogen and oxygen atoms in total. The number of benzene rings is 2. The molecule has 1 aromatic heterocycles. The number of fused-ring (bicyclic) bond motifs is 1. The summed E-state index contributed by atoms with van der Waals surface area (Å²) in [5.41, 5.74) is 2.79. The van der Waals surface area contributed by atoms with Gasteiger partial charge in [-0.05, 0) is 30.3 Å². The van der Waals surface area contributed by atoms with E-state index in [1.165, 1.54) is 4.90 Å². The molecule has 110 valence electrons. The molecule has 0 bridgehead atoms. The number of H-pyrrole nitrogens is 1. The van der Waals surface area contributed by atoms with Gasteiger partial charge in [-0.1, -0.05) is 18.2 Å². The molecule has 0 fully saturated rings. The Hall–Kier alpha value is -3.15. The van der Waals surface area contributed by atoms with E-state index in [2.05, 4.69) is 15.3 Å². The van der Waals surface area contributed by atoms with Gasteiger partial charge in [0.15, 0.2) is 0 Å². The highest BCUT2D eigenvalue weighted by molar-refractivity contribution is 6.44. The molecule has 0 aliphatic heterocycles. The molecule has 2 N–H and O–H groups in total. The summed E-state index contributed by atoms with van der Waals surface area (Å²) in [6.45, 7) is 0. The van der Waals surface area contributed by atoms with Crippen molar-refractivity contribution in [3.05, 3.63) is 54.9 Å². The van der Waals surface area contributed by atoms with Gasteiger partial charge in [-0.25, -0.2) is 4.98 Å². The number of para-hydroxylation sites is 1. The average molecular weight is 294 g/mol. The first-order chi connectivity index (χ1) is 10.6. The minimum Gasteiger partial charge on any atom is -0.345 e. The minimum absolute atomic E-state index is 0.538. The Labute approximate surface area is 126 Å². The first-order valence-electron chi connectivity index (χ1n) is 6.72. The van der Waals surface area contributed by atoms with E-state index >= 15 is 0 Å². The van der Waals surface area contributed by atoms with E-state index in [4.69, 9.17) is 0 Å². The molecule has 0 saturated carbocycles. The molecule has 0 aliphatic carbocycles. The van der Waals surface area contributed by atoms with Crippen LogP contribution in [-0.2, 0) is 9.59 Å². The third-order valence-corrected chi connectivity index (χ3v) is 3.32. The predicted octanol–water partition coefficient (Wildman–Crippen LogP) is 2.16. The summed E-state index contributed by atoms with van der Waals surface area (Å²) >= 11 is 0. The van der Waals surface area contributed by atoms with Crippen molar-refractivity contribution in [2.75, 3.05) is 17.3 Å². The summed E-state index contributed by atoms with van der Waals surface area (Å²) in [4.78, 5) is 32.6. The lowest BCUT2D eigenvalue weighted by Gasteiger charge is -2.16. The predicted molar refractivity (Wildman–Crippen MR) is 84.6 cm³/mol. The molecule has 2 amide bonds. The van der Waals surface area contributed by atoms with Gasteiger partial charge in [-0.3, -0.25) is 9.59 Å². The topological polar surface area (TPSA) is 78.1 Å². The fourth-order valence-electron chi connectivity index (χ4n) is 2.12. The molecule has 1 heterocycles. The van der Waals surface area contributed by atoms with Crippen LogP contribution in [0.15, 0.2) is 54.9 Å². The van der Waals surface area contributed by atoms with Gasteiger partial charge < -0.3 is 15.2 Å². The number of amides is 2. The maximum absolute atomic E-state index is 12.2. The summed E-state index contributed by atoms with van der Waals surface area (Å²) in [6.07, 6.45) is 1.57. The first-order valence-corrected chi connectivity index (χ1v) is 6.72. The van der Waals surface area contributed by atoms with Crippen LogP contribution in [0, 0.1) is 0 Å². The molecule has 0 spiro atoms. The number of anilines is 2. The highest BCUT2D eigenvalue weighted by Crippen LogP contribution is 2.16. The summed E-state index contributed by atoms with van der Waals surface area (Å²) in [5, 5.41) is 2.60. The lowest BCUT2D eigenvalue weighted by atomic mass is 10.2. The van der Waals surface area contributed by atoms with E-state index in [1.807, 2.05) is 18.2 Å². The van der Waals surface area contributed by atoms with Crippen LogP contribution in [0.25, 0.3) is 11.0 Å². The van der Waals surface area contributed by atoms with Crippen molar-refractivity contribution >= 4 is 34.2 Å². The average Bonchev–Trinajstić information content (AvgIpc) is 3.02. The van der Waals surface area contributed by atoms with Crippen LogP contribution >= 0.6 is 0 Å². The molecule has 6 heteroatoms. The van der Waals surface area contributed by atoms with Gasteiger partial charge in [-0.2, -0.15) is 0 Å². The molecular weight excluding hydrogens is 280 g/mol. The first kappa shape index (κ1) is 13.8. The fourth-order valence-corrected chi connectivity index (χ4v) is 2.12. The minimum atomic E-state index is -0.690. The summed E-state index contributed by atoms with van der Waals surface area (Å²) in [6, 6.07) is 14.2. The maximum atomic E-state index is 12.2. The Morgan fingerprint density at radius 3 is 2.68 bits per heavy atom. The van der Waals surface area contributed by atoms with E-state index in [0.717, 1.165) is 11.0 Å². The fraction of sp³-hybridized carbons (Fsp3) is 0.0625. The third-order valence-electron chi connectivity index (χ3n) is 3.32. The summed E-state index contributed by atoms with van der Waals surface area (Å²) < 4.78 is 0. The monoisotopic (exact) mass is 294 g/mol. The normalized spacial score (nSPS) is 10.4. The highest BCUT2D eigenvalue weighted by Gasteiger charge is 2.20. The number of carbonyl (C=O) groups is 2. The lowest BCUT2D eigenvalue weighted by molar-refractivity contribution is -0.134. The molecule has 3 rings (SSSR count). The second-order valence-electron chi connectivity index (χ2n) is 4.79. The number of nitrogens with zero attached hydrogens (tertiary/aromatic N) is 2. The Kier molecular flexibility index (Phi) is 3.57. The zero-order chi connectivity index (χ0) is 15.5. The van der Waals surface area contributed by atoms with Crippen molar-refractivity contribution in [2.24, 2.45) is 0 Å². The zero-order valence-corrected chi connectivity index (χ0v) is 11.9. The van der Waals surface area contributed by atoms with E-state index in [1.54, 1.807) is 43.7 Å². The van der Waals surface area contributed by atoms with Gasteiger partial charge >= 0.3 is 11.8 Å². The van der Waals surface area contributed by atoms with Crippen molar-refractivity contribution in [3.63, 3.8) is 0 Å². The van der Waals surface area contributed by atoms with Crippen molar-refractivity contribution < 1.29 is 9.59 Å². The largest absolute Gasteiger partial charge is 0.345 e. The number of hydrogen-bond acceptors (Lipinski definition) is 3. The molecular formula is C16H14N4O2. The van der Waals surface area contributed by atoms with Gasteiger partial charge in [0.05, 0.1) is 17.4 Å². The van der Waals surface area contributed by atoms with Crippen LogP contribution < -0.4 is 10.2 Å². The SMILES string of the molecule is CN(C(=O)C(=O)Nc1ccc2nc[nH]c2c1)c1ccccc1. The Morgan fingerprint density at radius 1 is 1.14 bits per heavy atom. The lowest BCUT2D eigenvalue weighted by Crippen LogP contribution is -2.37. The molecule has 0 radical (unpaired) electrons. The second-order valence-corrected chi connectivity index (χ2v) is 4.79. The number of rotatable bonds is 2. The molecule has 22 heavy (non-hydrogen) atoms. The van der Waals surface area contributed by atoms with Crippen molar-refractivity contribution in [2.45, 2.75) is 0 Å². The molecule has 0 aliphatic rings. The molecule has 3 aromatic rings. The van der Waals surface area contributed by atoms with E-state index in [9.17, 15) is 9.59 Å². The van der Waals surface area contributed by atoms with Crippen LogP contribution in [0.4, 0.5) is 11.4 Å². The maximum Gasteiger partial charge on any atom is 0.316 e. The number of likely N-dealkylation sites (N-methyl/N-ethyl adjacent to an activating group) is 1. The van der Waals surface area contributed by atoms with E-state index < -0.39 is 11.8 Å². The van der Waals surface area contributed by atoms with E-state index in [-0.39, 0.29) is 0 Å². The summed E-state index contributed by atoms with van der Waals surface area (Å²) in [7, 11) is 1.56. The number of nitrogens with one attached hydrogen (secondary N) is 2. The third kappa shape index (κ3) is 2.67. The number of aromatic amines is 1. The van der Waals surface area contributed by atoms with Crippen molar-refractivity contribution in [1.82, 2.24) is 9.97 Å². The highest BCUT2D eigenvalue weighted by atomic mass is 16.2. The van der Waals surface area contributed by atoms with Crippen LogP contribution in [-0.4, -0.2) is 28.8 Å². The van der Waals surface area contributed by atoms with Gasteiger partial charge in [0.1, 0.15) is 0 Å². The van der Waals surface area contributed by atoms with Gasteiger partial charge in [0, 0.05) is 18.4 Å². The second kappa shape index (κ2) is 5.69. The van der Waals surface area contributed by atoms with Gasteiger partial charge in [0.2, 0.25) is 0 Å². The Balaban J connectivity index is 1.74. The Morgan fingerprint density at radius 2 is 1.91 bits per heavy atom. The standard InChI is InChI=1S/C16H14N4O2/c1-20(12-5-3-2-4-6-12)16(22)15(21)19-11-7-8-13-14(9-11)18-10-17-13/h2-10H,1H3,(H,17,18)(H,19,21). The van der Waals surface area contributed by atoms with Crippen molar-refractivity contribution in [1.29, 1.82) is 0 Å². The number of imidazole rings is 1. The quantitative estimate of drug-likeness (QED) is 0.711. The molecule has 2 aromatic carbocycles. The van der Waals surface area contributed by atoms with Crippen LogP contribution in [0.5, 0.6) is 0 Å². The van der Waals surface area contributed by atoms with Gasteiger partial charge in [-0.15, -0.1) is 0 Å². The molecule has 0 atom stereocenters. The van der Waals surface area contributed by atoms with Gasteiger partial charge in [0.25, 0.3) is 0 Å². The zero-order valence-electron chi connectivity index (χ0n) is 11.9. The smallest absolute Gasteiger partial charge is 0.316 e. The van der Waals surface area contributed by atoms with E-state index in [0.29, 0.717) is 11.4 Å². The molecule has 0 saturated heterocycles. The van der Waals surface area contributed by atoms with Crippen LogP contribution in [0.3, 0.4) is 0 Å². The summed E-state index contributed by atoms with van der Waals surface area (Å²) in [5.74, 6) is -1.32. The molecule has 0 unspecified atom stereocenters. The van der Waals surface area contributed by atoms with Crippen LogP contribution in [0.1, 0.15) is 0 Å². The number of hydrogen-bond donors (Lipinski definition) is 2. The number of carbonyl (C=O) groups excluding carboxylic acids is 2.